The zero-order valence-corrected chi connectivity index (χ0v) is 10.6. The van der Waals surface area contributed by atoms with Crippen LogP contribution < -0.4 is 5.56 Å². The van der Waals surface area contributed by atoms with Crippen molar-refractivity contribution in [3.8, 4) is 0 Å². The zero-order valence-electron chi connectivity index (χ0n) is 10.6. The van der Waals surface area contributed by atoms with Crippen LogP contribution in [-0.4, -0.2) is 10.4 Å². The van der Waals surface area contributed by atoms with E-state index in [0.29, 0.717) is 5.56 Å². The predicted molar refractivity (Wildman–Crippen MR) is 70.6 cm³/mol. The van der Waals surface area contributed by atoms with Gasteiger partial charge in [-0.05, 0) is 24.6 Å². The highest BCUT2D eigenvalue weighted by Gasteiger charge is 2.10. The first-order valence-corrected chi connectivity index (χ1v) is 5.99. The number of aryl methyl sites for hydroxylation is 1. The summed E-state index contributed by atoms with van der Waals surface area (Å²) in [5.41, 5.74) is 0.852. The fourth-order valence-electron chi connectivity index (χ4n) is 1.91. The number of ketones is 1. The summed E-state index contributed by atoms with van der Waals surface area (Å²) in [5.74, 6) is -0.588. The number of aromatic nitrogens is 1. The van der Waals surface area contributed by atoms with Gasteiger partial charge in [-0.3, -0.25) is 9.59 Å². The molecule has 0 aliphatic rings. The fraction of sp³-hybridized carbons (Fsp3) is 0.200. The summed E-state index contributed by atoms with van der Waals surface area (Å²) in [5, 5.41) is 0. The average Bonchev–Trinajstić information content (AvgIpc) is 2.37. The molecule has 0 bridgehead atoms. The molecule has 0 saturated heterocycles. The van der Waals surface area contributed by atoms with E-state index in [-0.39, 0.29) is 24.3 Å². The van der Waals surface area contributed by atoms with Crippen LogP contribution in [0.3, 0.4) is 0 Å². The lowest BCUT2D eigenvalue weighted by Crippen LogP contribution is -2.26. The van der Waals surface area contributed by atoms with Gasteiger partial charge in [0.1, 0.15) is 5.82 Å². The van der Waals surface area contributed by atoms with Crippen LogP contribution >= 0.6 is 0 Å². The van der Waals surface area contributed by atoms with Gasteiger partial charge in [0.15, 0.2) is 5.78 Å². The predicted octanol–water partition coefficient (Wildman–Crippen LogP) is 2.11. The van der Waals surface area contributed by atoms with Crippen molar-refractivity contribution in [3.05, 3.63) is 69.9 Å². The summed E-state index contributed by atoms with van der Waals surface area (Å²) in [6.07, 6.45) is -0.00650. The number of halogens is 1. The number of rotatable bonds is 4. The molecular weight excluding hydrogens is 245 g/mol. The Kier molecular flexibility index (Phi) is 3.90. The fourth-order valence-corrected chi connectivity index (χ4v) is 1.91. The molecule has 0 unspecified atom stereocenters. The van der Waals surface area contributed by atoms with E-state index in [0.717, 1.165) is 5.69 Å². The maximum Gasteiger partial charge on any atom is 0.251 e. The molecule has 1 aromatic heterocycles. The number of benzene rings is 1. The molecule has 0 fully saturated rings. The number of hydrogen-bond donors (Lipinski definition) is 0. The van der Waals surface area contributed by atoms with Crippen LogP contribution in [-0.2, 0) is 17.8 Å². The third kappa shape index (κ3) is 3.16. The van der Waals surface area contributed by atoms with Crippen LogP contribution in [0.4, 0.5) is 4.39 Å². The van der Waals surface area contributed by atoms with E-state index in [1.807, 2.05) is 0 Å². The molecule has 1 aromatic carbocycles. The quantitative estimate of drug-likeness (QED) is 0.843. The minimum Gasteiger partial charge on any atom is -0.306 e. The summed E-state index contributed by atoms with van der Waals surface area (Å²) < 4.78 is 14.8. The van der Waals surface area contributed by atoms with Gasteiger partial charge in [-0.2, -0.15) is 0 Å². The van der Waals surface area contributed by atoms with E-state index in [9.17, 15) is 14.0 Å². The molecule has 4 heteroatoms. The lowest BCUT2D eigenvalue weighted by atomic mass is 10.1. The van der Waals surface area contributed by atoms with Gasteiger partial charge in [0.05, 0.1) is 6.54 Å². The van der Waals surface area contributed by atoms with Crippen molar-refractivity contribution in [2.24, 2.45) is 0 Å². The summed E-state index contributed by atoms with van der Waals surface area (Å²) in [6.45, 7) is 1.73. The summed E-state index contributed by atoms with van der Waals surface area (Å²) >= 11 is 0. The molecule has 0 atom stereocenters. The van der Waals surface area contributed by atoms with Gasteiger partial charge in [-0.15, -0.1) is 0 Å². The summed E-state index contributed by atoms with van der Waals surface area (Å²) in [4.78, 5) is 23.5. The van der Waals surface area contributed by atoms with Gasteiger partial charge >= 0.3 is 0 Å². The van der Waals surface area contributed by atoms with E-state index in [4.69, 9.17) is 0 Å². The molecular formula is C15H14FNO2. The Labute approximate surface area is 110 Å². The van der Waals surface area contributed by atoms with Crippen molar-refractivity contribution < 1.29 is 9.18 Å². The standard InChI is InChI=1S/C15H14FNO2/c1-11-5-4-8-15(19)17(11)10-13(18)9-12-6-2-3-7-14(12)16/h2-8H,9-10H2,1H3. The zero-order chi connectivity index (χ0) is 13.8. The minimum absolute atomic E-state index is 0.00650. The van der Waals surface area contributed by atoms with Crippen LogP contribution in [0.25, 0.3) is 0 Å². The molecule has 2 rings (SSSR count). The van der Waals surface area contributed by atoms with Crippen LogP contribution in [0.15, 0.2) is 47.3 Å². The van der Waals surface area contributed by atoms with E-state index < -0.39 is 5.82 Å². The highest BCUT2D eigenvalue weighted by atomic mass is 19.1. The van der Waals surface area contributed by atoms with E-state index in [2.05, 4.69) is 0 Å². The Balaban J connectivity index is 2.15. The molecule has 98 valence electrons. The van der Waals surface area contributed by atoms with Crippen LogP contribution in [0.5, 0.6) is 0 Å². The van der Waals surface area contributed by atoms with Gasteiger partial charge in [-0.25, -0.2) is 4.39 Å². The van der Waals surface area contributed by atoms with Crippen LogP contribution in [0.1, 0.15) is 11.3 Å². The topological polar surface area (TPSA) is 39.1 Å². The SMILES string of the molecule is Cc1cccc(=O)n1CC(=O)Cc1ccccc1F. The van der Waals surface area contributed by atoms with Crippen molar-refractivity contribution in [3.63, 3.8) is 0 Å². The van der Waals surface area contributed by atoms with Crippen LogP contribution in [0.2, 0.25) is 0 Å². The van der Waals surface area contributed by atoms with Crippen molar-refractivity contribution >= 4 is 5.78 Å². The first-order chi connectivity index (χ1) is 9.08. The first kappa shape index (κ1) is 13.2. The number of carbonyl (C=O) groups is 1. The number of carbonyl (C=O) groups excluding carboxylic acids is 1. The van der Waals surface area contributed by atoms with Gasteiger partial charge in [0.25, 0.3) is 5.56 Å². The number of hydrogen-bond acceptors (Lipinski definition) is 2. The van der Waals surface area contributed by atoms with Crippen molar-refractivity contribution in [1.82, 2.24) is 4.57 Å². The first-order valence-electron chi connectivity index (χ1n) is 5.99. The van der Waals surface area contributed by atoms with E-state index in [1.54, 1.807) is 37.3 Å². The molecule has 19 heavy (non-hydrogen) atoms. The van der Waals surface area contributed by atoms with Gasteiger partial charge in [0.2, 0.25) is 0 Å². The van der Waals surface area contributed by atoms with Crippen molar-refractivity contribution in [1.29, 1.82) is 0 Å². The second-order valence-electron chi connectivity index (χ2n) is 4.40. The molecule has 0 aliphatic carbocycles. The highest BCUT2D eigenvalue weighted by Crippen LogP contribution is 2.08. The molecule has 0 spiro atoms. The summed E-state index contributed by atoms with van der Waals surface area (Å²) in [7, 11) is 0. The maximum absolute atomic E-state index is 13.4. The second-order valence-corrected chi connectivity index (χ2v) is 4.40. The smallest absolute Gasteiger partial charge is 0.251 e. The third-order valence-corrected chi connectivity index (χ3v) is 2.95. The van der Waals surface area contributed by atoms with Crippen molar-refractivity contribution in [2.45, 2.75) is 19.9 Å². The number of Topliss-reactive ketones (excluding diaryl/α,β-unsaturated/α-hetero) is 1. The normalized spacial score (nSPS) is 10.4. The van der Waals surface area contributed by atoms with Gasteiger partial charge in [-0.1, -0.05) is 24.3 Å². The third-order valence-electron chi connectivity index (χ3n) is 2.95. The minimum atomic E-state index is -0.395. The molecule has 0 saturated carbocycles. The molecule has 1 heterocycles. The molecule has 0 radical (unpaired) electrons. The average molecular weight is 259 g/mol. The largest absolute Gasteiger partial charge is 0.306 e. The molecule has 0 aliphatic heterocycles. The van der Waals surface area contributed by atoms with E-state index in [1.165, 1.54) is 16.7 Å². The maximum atomic E-state index is 13.4. The molecule has 2 aromatic rings. The monoisotopic (exact) mass is 259 g/mol. The Bertz CT molecular complexity index is 661. The molecule has 3 nitrogen and oxygen atoms in total. The lowest BCUT2D eigenvalue weighted by molar-refractivity contribution is -0.119. The highest BCUT2D eigenvalue weighted by molar-refractivity contribution is 5.80. The van der Waals surface area contributed by atoms with Gasteiger partial charge in [0, 0.05) is 18.2 Å². The molecule has 0 amide bonds. The van der Waals surface area contributed by atoms with Crippen molar-refractivity contribution in [2.75, 3.05) is 0 Å². The Morgan fingerprint density at radius 3 is 2.58 bits per heavy atom. The lowest BCUT2D eigenvalue weighted by Gasteiger charge is -2.08. The Morgan fingerprint density at radius 2 is 1.89 bits per heavy atom. The van der Waals surface area contributed by atoms with E-state index >= 15 is 0 Å². The Morgan fingerprint density at radius 1 is 1.16 bits per heavy atom. The Hall–Kier alpha value is -2.23. The number of pyridine rings is 1. The summed E-state index contributed by atoms with van der Waals surface area (Å²) in [6, 6.07) is 11.0. The number of nitrogens with zero attached hydrogens (tertiary/aromatic N) is 1. The molecule has 0 N–H and O–H groups in total. The second kappa shape index (κ2) is 5.61. The van der Waals surface area contributed by atoms with Crippen LogP contribution in [0, 0.1) is 12.7 Å². The van der Waals surface area contributed by atoms with Gasteiger partial charge < -0.3 is 4.57 Å².